The van der Waals surface area contributed by atoms with Crippen LogP contribution in [0.3, 0.4) is 0 Å². The quantitative estimate of drug-likeness (QED) is 0.637. The molecule has 0 saturated heterocycles. The summed E-state index contributed by atoms with van der Waals surface area (Å²) in [7, 11) is -2.33. The van der Waals surface area contributed by atoms with Crippen molar-refractivity contribution in [3.05, 3.63) is 82.9 Å². The molecular formula is C22H19ClN2O4S. The fraction of sp³-hybridized carbons (Fsp3) is 0.136. The van der Waals surface area contributed by atoms with Crippen molar-refractivity contribution in [2.45, 2.75) is 11.3 Å². The molecule has 154 valence electrons. The second kappa shape index (κ2) is 8.01. The van der Waals surface area contributed by atoms with Crippen LogP contribution in [0.1, 0.15) is 15.9 Å². The molecular weight excluding hydrogens is 424 g/mol. The molecule has 0 aromatic heterocycles. The molecule has 0 fully saturated rings. The highest BCUT2D eigenvalue weighted by molar-refractivity contribution is 7.92. The average Bonchev–Trinajstić information content (AvgIpc) is 3.18. The van der Waals surface area contributed by atoms with E-state index in [0.717, 1.165) is 17.7 Å². The number of fused-ring (bicyclic) bond motifs is 1. The molecule has 3 aromatic carbocycles. The fourth-order valence-electron chi connectivity index (χ4n) is 3.42. The van der Waals surface area contributed by atoms with E-state index in [0.29, 0.717) is 12.3 Å². The first-order chi connectivity index (χ1) is 14.4. The summed E-state index contributed by atoms with van der Waals surface area (Å²) in [6.45, 7) is 0.552. The number of hydrogen-bond donors (Lipinski definition) is 1. The van der Waals surface area contributed by atoms with Gasteiger partial charge in [-0.05, 0) is 60.5 Å². The van der Waals surface area contributed by atoms with E-state index in [2.05, 4.69) is 4.72 Å². The number of sulfonamides is 1. The predicted octanol–water partition coefficient (Wildman–Crippen LogP) is 4.35. The number of rotatable bonds is 5. The molecule has 4 rings (SSSR count). The first-order valence-electron chi connectivity index (χ1n) is 9.25. The van der Waals surface area contributed by atoms with Crippen molar-refractivity contribution in [2.24, 2.45) is 0 Å². The monoisotopic (exact) mass is 442 g/mol. The largest absolute Gasteiger partial charge is 0.497 e. The summed E-state index contributed by atoms with van der Waals surface area (Å²) in [6, 6.07) is 18.2. The van der Waals surface area contributed by atoms with Crippen LogP contribution in [0.15, 0.2) is 71.6 Å². The zero-order valence-corrected chi connectivity index (χ0v) is 17.7. The molecule has 30 heavy (non-hydrogen) atoms. The van der Waals surface area contributed by atoms with E-state index >= 15 is 0 Å². The summed E-state index contributed by atoms with van der Waals surface area (Å²) >= 11 is 6.28. The Labute approximate surface area is 180 Å². The molecule has 0 unspecified atom stereocenters. The molecule has 0 aliphatic carbocycles. The molecule has 1 aliphatic heterocycles. The van der Waals surface area contributed by atoms with Crippen molar-refractivity contribution in [3.63, 3.8) is 0 Å². The first kappa shape index (κ1) is 20.3. The Morgan fingerprint density at radius 1 is 1.07 bits per heavy atom. The molecule has 3 aromatic rings. The van der Waals surface area contributed by atoms with E-state index in [1.165, 1.54) is 37.4 Å². The maximum atomic E-state index is 13.1. The SMILES string of the molecule is COc1ccc(S(=O)(=O)Nc2ccc(Cl)c(C(=O)N3CCc4ccccc43)c2)cc1. The molecule has 1 amide bonds. The smallest absolute Gasteiger partial charge is 0.261 e. The summed E-state index contributed by atoms with van der Waals surface area (Å²) in [5.41, 5.74) is 2.44. The summed E-state index contributed by atoms with van der Waals surface area (Å²) in [6.07, 6.45) is 0.767. The Bertz CT molecular complexity index is 1210. The number of hydrogen-bond acceptors (Lipinski definition) is 4. The highest BCUT2D eigenvalue weighted by Crippen LogP contribution is 2.31. The van der Waals surface area contributed by atoms with Crippen molar-refractivity contribution in [2.75, 3.05) is 23.3 Å². The number of ether oxygens (including phenoxy) is 1. The van der Waals surface area contributed by atoms with Crippen molar-refractivity contribution in [1.29, 1.82) is 0 Å². The van der Waals surface area contributed by atoms with Crippen LogP contribution >= 0.6 is 11.6 Å². The molecule has 1 heterocycles. The summed E-state index contributed by atoms with van der Waals surface area (Å²) in [5.74, 6) is 0.287. The number of nitrogens with one attached hydrogen (secondary N) is 1. The van der Waals surface area contributed by atoms with E-state index in [1.54, 1.807) is 17.0 Å². The van der Waals surface area contributed by atoms with Gasteiger partial charge in [0.1, 0.15) is 5.75 Å². The third-order valence-electron chi connectivity index (χ3n) is 4.95. The molecule has 0 spiro atoms. The third-order valence-corrected chi connectivity index (χ3v) is 6.68. The van der Waals surface area contributed by atoms with Crippen LogP contribution in [-0.2, 0) is 16.4 Å². The van der Waals surface area contributed by atoms with Gasteiger partial charge < -0.3 is 9.64 Å². The lowest BCUT2D eigenvalue weighted by molar-refractivity contribution is 0.0989. The Morgan fingerprint density at radius 2 is 1.80 bits per heavy atom. The van der Waals surface area contributed by atoms with Crippen molar-refractivity contribution in [3.8, 4) is 5.75 Å². The lowest BCUT2D eigenvalue weighted by Crippen LogP contribution is -2.29. The molecule has 6 nitrogen and oxygen atoms in total. The summed E-state index contributed by atoms with van der Waals surface area (Å²) in [4.78, 5) is 14.9. The molecule has 0 saturated carbocycles. The van der Waals surface area contributed by atoms with E-state index in [4.69, 9.17) is 16.3 Å². The number of halogens is 1. The topological polar surface area (TPSA) is 75.7 Å². The van der Waals surface area contributed by atoms with Crippen molar-refractivity contribution < 1.29 is 17.9 Å². The third kappa shape index (κ3) is 3.86. The van der Waals surface area contributed by atoms with Crippen LogP contribution in [0, 0.1) is 0 Å². The standard InChI is InChI=1S/C22H19ClN2O4S/c1-29-17-7-9-18(10-8-17)30(27,28)24-16-6-11-20(23)19(14-16)22(26)25-13-12-15-4-2-3-5-21(15)25/h2-11,14,24H,12-13H2,1H3. The first-order valence-corrected chi connectivity index (χ1v) is 11.1. The Balaban J connectivity index is 1.61. The van der Waals surface area contributed by atoms with Crippen LogP contribution in [0.5, 0.6) is 5.75 Å². The van der Waals surface area contributed by atoms with Gasteiger partial charge in [-0.3, -0.25) is 9.52 Å². The van der Waals surface area contributed by atoms with Crippen molar-refractivity contribution >= 4 is 38.9 Å². The van der Waals surface area contributed by atoms with Gasteiger partial charge in [0.05, 0.1) is 22.6 Å². The molecule has 1 aliphatic rings. The number of carbonyl (C=O) groups is 1. The van der Waals surface area contributed by atoms with Crippen LogP contribution < -0.4 is 14.4 Å². The second-order valence-electron chi connectivity index (χ2n) is 6.81. The van der Waals surface area contributed by atoms with Gasteiger partial charge in [0.15, 0.2) is 0 Å². The van der Waals surface area contributed by atoms with Crippen LogP contribution in [0.2, 0.25) is 5.02 Å². The average molecular weight is 443 g/mol. The molecule has 0 atom stereocenters. The van der Waals surface area contributed by atoms with Gasteiger partial charge in [-0.1, -0.05) is 29.8 Å². The number of amides is 1. The van der Waals surface area contributed by atoms with Crippen LogP contribution in [0.4, 0.5) is 11.4 Å². The van der Waals surface area contributed by atoms with Gasteiger partial charge in [0, 0.05) is 17.9 Å². The lowest BCUT2D eigenvalue weighted by Gasteiger charge is -2.19. The lowest BCUT2D eigenvalue weighted by atomic mass is 10.1. The number of para-hydroxylation sites is 1. The number of benzene rings is 3. The Hall–Kier alpha value is -3.03. The zero-order chi connectivity index (χ0) is 21.3. The number of methoxy groups -OCH3 is 1. The maximum absolute atomic E-state index is 13.1. The van der Waals surface area contributed by atoms with Crippen LogP contribution in [0.25, 0.3) is 0 Å². The maximum Gasteiger partial charge on any atom is 0.261 e. The van der Waals surface area contributed by atoms with E-state index in [9.17, 15) is 13.2 Å². The molecule has 8 heteroatoms. The number of anilines is 2. The van der Waals surface area contributed by atoms with Gasteiger partial charge in [0.2, 0.25) is 0 Å². The van der Waals surface area contributed by atoms with Gasteiger partial charge >= 0.3 is 0 Å². The normalized spacial score (nSPS) is 13.1. The molecule has 0 radical (unpaired) electrons. The number of carbonyl (C=O) groups excluding carboxylic acids is 1. The van der Waals surface area contributed by atoms with Gasteiger partial charge in [-0.25, -0.2) is 8.42 Å². The van der Waals surface area contributed by atoms with E-state index in [1.807, 2.05) is 24.3 Å². The minimum atomic E-state index is -3.83. The van der Waals surface area contributed by atoms with E-state index < -0.39 is 10.0 Å². The van der Waals surface area contributed by atoms with Crippen LogP contribution in [-0.4, -0.2) is 28.0 Å². The summed E-state index contributed by atoms with van der Waals surface area (Å²) < 4.78 is 33.0. The minimum Gasteiger partial charge on any atom is -0.497 e. The fourth-order valence-corrected chi connectivity index (χ4v) is 4.66. The van der Waals surface area contributed by atoms with Crippen molar-refractivity contribution in [1.82, 2.24) is 0 Å². The Kier molecular flexibility index (Phi) is 5.40. The predicted molar refractivity (Wildman–Crippen MR) is 117 cm³/mol. The zero-order valence-electron chi connectivity index (χ0n) is 16.1. The summed E-state index contributed by atoms with van der Waals surface area (Å²) in [5, 5.41) is 0.261. The highest BCUT2D eigenvalue weighted by Gasteiger charge is 2.27. The minimum absolute atomic E-state index is 0.0830. The molecule has 1 N–H and O–H groups in total. The van der Waals surface area contributed by atoms with Gasteiger partial charge in [0.25, 0.3) is 15.9 Å². The van der Waals surface area contributed by atoms with Gasteiger partial charge in [-0.2, -0.15) is 0 Å². The van der Waals surface area contributed by atoms with Gasteiger partial charge in [-0.15, -0.1) is 0 Å². The van der Waals surface area contributed by atoms with E-state index in [-0.39, 0.29) is 27.1 Å². The Morgan fingerprint density at radius 3 is 2.53 bits per heavy atom. The number of nitrogens with zero attached hydrogens (tertiary/aromatic N) is 1. The highest BCUT2D eigenvalue weighted by atomic mass is 35.5. The molecule has 0 bridgehead atoms. The second-order valence-corrected chi connectivity index (χ2v) is 8.90.